The highest BCUT2D eigenvalue weighted by molar-refractivity contribution is 8.00. The smallest absolute Gasteiger partial charge is 0.0720 e. The van der Waals surface area contributed by atoms with Gasteiger partial charge in [-0.3, -0.25) is 0 Å². The van der Waals surface area contributed by atoms with E-state index in [1.807, 2.05) is 0 Å². The second kappa shape index (κ2) is 10.1. The summed E-state index contributed by atoms with van der Waals surface area (Å²) in [6.45, 7) is 0.196. The maximum absolute atomic E-state index is 9.35. The molecule has 0 amide bonds. The molecular formula is C7H16O2S3. The van der Waals surface area contributed by atoms with Crippen molar-refractivity contribution in [1.29, 1.82) is 0 Å². The standard InChI is InChI=1S/C7H16O2S3/c8-1-3-11-5-7(9)6-12-4-2-10/h7-10H,1-6H2. The van der Waals surface area contributed by atoms with E-state index in [4.69, 9.17) is 5.11 Å². The van der Waals surface area contributed by atoms with Crippen LogP contribution in [0.4, 0.5) is 0 Å². The lowest BCUT2D eigenvalue weighted by atomic mass is 10.5. The molecule has 1 unspecified atom stereocenters. The third-order valence-electron chi connectivity index (χ3n) is 1.09. The van der Waals surface area contributed by atoms with E-state index in [9.17, 15) is 5.11 Å². The lowest BCUT2D eigenvalue weighted by molar-refractivity contribution is 0.225. The van der Waals surface area contributed by atoms with Gasteiger partial charge in [-0.25, -0.2) is 0 Å². The molecule has 5 heteroatoms. The quantitative estimate of drug-likeness (QED) is 0.423. The normalized spacial score (nSPS) is 13.2. The average molecular weight is 228 g/mol. The Morgan fingerprint density at radius 2 is 1.75 bits per heavy atom. The summed E-state index contributed by atoms with van der Waals surface area (Å²) in [7, 11) is 0. The lowest BCUT2D eigenvalue weighted by Gasteiger charge is -2.08. The van der Waals surface area contributed by atoms with E-state index in [-0.39, 0.29) is 12.7 Å². The van der Waals surface area contributed by atoms with Gasteiger partial charge in [0.2, 0.25) is 0 Å². The highest BCUT2D eigenvalue weighted by Crippen LogP contribution is 2.08. The van der Waals surface area contributed by atoms with Crippen molar-refractivity contribution in [1.82, 2.24) is 0 Å². The fourth-order valence-corrected chi connectivity index (χ4v) is 2.52. The first-order chi connectivity index (χ1) is 5.81. The van der Waals surface area contributed by atoms with Crippen LogP contribution in [0.15, 0.2) is 0 Å². The summed E-state index contributed by atoms with van der Waals surface area (Å²) in [6, 6.07) is 0. The minimum atomic E-state index is -0.244. The lowest BCUT2D eigenvalue weighted by Crippen LogP contribution is -2.14. The SMILES string of the molecule is OCCSCC(O)CSCCS. The summed E-state index contributed by atoms with van der Waals surface area (Å²) in [6.07, 6.45) is -0.244. The number of thioether (sulfide) groups is 2. The van der Waals surface area contributed by atoms with Crippen LogP contribution >= 0.6 is 36.2 Å². The van der Waals surface area contributed by atoms with E-state index < -0.39 is 0 Å². The van der Waals surface area contributed by atoms with Crippen molar-refractivity contribution in [2.45, 2.75) is 6.10 Å². The Morgan fingerprint density at radius 1 is 1.17 bits per heavy atom. The maximum atomic E-state index is 9.35. The summed E-state index contributed by atoms with van der Waals surface area (Å²) >= 11 is 7.37. The number of hydrogen-bond donors (Lipinski definition) is 3. The minimum Gasteiger partial charge on any atom is -0.396 e. The topological polar surface area (TPSA) is 40.5 Å². The van der Waals surface area contributed by atoms with Gasteiger partial charge in [0.15, 0.2) is 0 Å². The van der Waals surface area contributed by atoms with Crippen molar-refractivity contribution in [2.24, 2.45) is 0 Å². The van der Waals surface area contributed by atoms with Crippen LogP contribution in [0.3, 0.4) is 0 Å². The third-order valence-corrected chi connectivity index (χ3v) is 3.82. The van der Waals surface area contributed by atoms with Gasteiger partial charge in [-0.05, 0) is 5.75 Å². The van der Waals surface area contributed by atoms with E-state index in [0.29, 0.717) is 5.75 Å². The van der Waals surface area contributed by atoms with E-state index in [0.717, 1.165) is 23.0 Å². The van der Waals surface area contributed by atoms with Crippen LogP contribution in [0, 0.1) is 0 Å². The summed E-state index contributed by atoms with van der Waals surface area (Å²) in [4.78, 5) is 0. The van der Waals surface area contributed by atoms with Gasteiger partial charge in [-0.1, -0.05) is 0 Å². The van der Waals surface area contributed by atoms with Gasteiger partial charge in [0, 0.05) is 23.0 Å². The highest BCUT2D eigenvalue weighted by Gasteiger charge is 2.02. The number of aliphatic hydroxyl groups is 2. The summed E-state index contributed by atoms with van der Waals surface area (Å²) in [5.41, 5.74) is 0. The second-order valence-corrected chi connectivity index (χ2v) is 5.00. The predicted octanol–water partition coefficient (Wildman–Crippen LogP) is 0.736. The number of thiol groups is 1. The molecule has 0 heterocycles. The molecule has 0 saturated carbocycles. The Bertz CT molecular complexity index is 82.7. The molecule has 12 heavy (non-hydrogen) atoms. The Hall–Kier alpha value is 0.970. The molecule has 0 aliphatic rings. The van der Waals surface area contributed by atoms with Crippen LogP contribution < -0.4 is 0 Å². The monoisotopic (exact) mass is 228 g/mol. The van der Waals surface area contributed by atoms with Gasteiger partial charge >= 0.3 is 0 Å². The number of hydrogen-bond acceptors (Lipinski definition) is 5. The van der Waals surface area contributed by atoms with E-state index in [2.05, 4.69) is 12.6 Å². The fourth-order valence-electron chi connectivity index (χ4n) is 0.616. The molecule has 0 radical (unpaired) electrons. The van der Waals surface area contributed by atoms with Gasteiger partial charge in [-0.2, -0.15) is 36.2 Å². The fraction of sp³-hybridized carbons (Fsp3) is 1.00. The molecule has 0 bridgehead atoms. The summed E-state index contributed by atoms with van der Waals surface area (Å²) in [5.74, 6) is 4.07. The Morgan fingerprint density at radius 3 is 2.25 bits per heavy atom. The first-order valence-electron chi connectivity index (χ1n) is 3.86. The van der Waals surface area contributed by atoms with Gasteiger partial charge in [0.05, 0.1) is 12.7 Å². The van der Waals surface area contributed by atoms with E-state index in [1.165, 1.54) is 0 Å². The van der Waals surface area contributed by atoms with Crippen molar-refractivity contribution in [3.8, 4) is 0 Å². The molecule has 1 atom stereocenters. The molecule has 0 aromatic heterocycles. The van der Waals surface area contributed by atoms with Gasteiger partial charge < -0.3 is 10.2 Å². The van der Waals surface area contributed by atoms with Gasteiger partial charge in [0.25, 0.3) is 0 Å². The van der Waals surface area contributed by atoms with Crippen LogP contribution in [-0.2, 0) is 0 Å². The minimum absolute atomic E-state index is 0.196. The van der Waals surface area contributed by atoms with Crippen molar-refractivity contribution in [3.63, 3.8) is 0 Å². The molecule has 0 aromatic rings. The van der Waals surface area contributed by atoms with Crippen molar-refractivity contribution < 1.29 is 10.2 Å². The molecule has 0 aliphatic carbocycles. The van der Waals surface area contributed by atoms with Crippen LogP contribution in [0.5, 0.6) is 0 Å². The largest absolute Gasteiger partial charge is 0.396 e. The molecule has 0 fully saturated rings. The van der Waals surface area contributed by atoms with Crippen LogP contribution in [0.1, 0.15) is 0 Å². The van der Waals surface area contributed by atoms with Crippen molar-refractivity contribution in [3.05, 3.63) is 0 Å². The first kappa shape index (κ1) is 13.0. The molecule has 0 aromatic carbocycles. The third kappa shape index (κ3) is 9.06. The summed E-state index contributed by atoms with van der Waals surface area (Å²) in [5, 5.41) is 17.8. The van der Waals surface area contributed by atoms with E-state index >= 15 is 0 Å². The van der Waals surface area contributed by atoms with Gasteiger partial charge in [0.1, 0.15) is 0 Å². The summed E-state index contributed by atoms with van der Waals surface area (Å²) < 4.78 is 0. The molecular weight excluding hydrogens is 212 g/mol. The predicted molar refractivity (Wildman–Crippen MR) is 61.6 cm³/mol. The second-order valence-electron chi connectivity index (χ2n) is 2.25. The highest BCUT2D eigenvalue weighted by atomic mass is 32.2. The number of rotatable bonds is 8. The Labute approximate surface area is 87.9 Å². The van der Waals surface area contributed by atoms with Crippen LogP contribution in [0.2, 0.25) is 0 Å². The van der Waals surface area contributed by atoms with Crippen molar-refractivity contribution >= 4 is 36.2 Å². The van der Waals surface area contributed by atoms with Crippen molar-refractivity contribution in [2.75, 3.05) is 35.4 Å². The zero-order valence-electron chi connectivity index (χ0n) is 6.98. The zero-order valence-corrected chi connectivity index (χ0v) is 9.51. The molecule has 0 saturated heterocycles. The van der Waals surface area contributed by atoms with Gasteiger partial charge in [-0.15, -0.1) is 0 Å². The molecule has 2 nitrogen and oxygen atoms in total. The van der Waals surface area contributed by atoms with E-state index in [1.54, 1.807) is 23.5 Å². The van der Waals surface area contributed by atoms with Crippen LogP contribution in [0.25, 0.3) is 0 Å². The molecule has 74 valence electrons. The Balaban J connectivity index is 3.04. The average Bonchev–Trinajstić information content (AvgIpc) is 2.06. The molecule has 2 N–H and O–H groups in total. The first-order valence-corrected chi connectivity index (χ1v) is 6.80. The molecule has 0 spiro atoms. The molecule has 0 aliphatic heterocycles. The zero-order chi connectivity index (χ0) is 9.23. The number of aliphatic hydroxyl groups excluding tert-OH is 2. The maximum Gasteiger partial charge on any atom is 0.0720 e. The molecule has 0 rings (SSSR count). The van der Waals surface area contributed by atoms with Crippen LogP contribution in [-0.4, -0.2) is 51.7 Å². The Kier molecular flexibility index (Phi) is 10.9.